The molecule has 2 heteroatoms. The van der Waals surface area contributed by atoms with Gasteiger partial charge in [-0.25, -0.2) is 0 Å². The predicted molar refractivity (Wildman–Crippen MR) is 71.7 cm³/mol. The lowest BCUT2D eigenvalue weighted by Gasteiger charge is -2.38. The zero-order chi connectivity index (χ0) is 11.3. The van der Waals surface area contributed by atoms with Gasteiger partial charge in [-0.3, -0.25) is 4.90 Å². The molecule has 0 amide bonds. The van der Waals surface area contributed by atoms with Gasteiger partial charge in [0.25, 0.3) is 0 Å². The molecule has 0 aromatic heterocycles. The number of hydrogen-bond donors (Lipinski definition) is 1. The topological polar surface area (TPSA) is 3.24 Å². The van der Waals surface area contributed by atoms with Gasteiger partial charge < -0.3 is 0 Å². The van der Waals surface area contributed by atoms with Crippen molar-refractivity contribution >= 4 is 12.6 Å². The van der Waals surface area contributed by atoms with Crippen LogP contribution in [-0.2, 0) is 0 Å². The van der Waals surface area contributed by atoms with Crippen LogP contribution >= 0.6 is 12.6 Å². The standard InChI is InChI=1S/C13H25NS/c1-13(2)8-6-12(7-9-13)14(3)10-4-5-11-15/h4-5,12,15H,6-11H2,1-3H3. The van der Waals surface area contributed by atoms with Crippen LogP contribution < -0.4 is 0 Å². The summed E-state index contributed by atoms with van der Waals surface area (Å²) in [6, 6.07) is 0.794. The summed E-state index contributed by atoms with van der Waals surface area (Å²) in [5.74, 6) is 0.853. The summed E-state index contributed by atoms with van der Waals surface area (Å²) in [6.45, 7) is 5.86. The summed E-state index contributed by atoms with van der Waals surface area (Å²) >= 11 is 4.17. The van der Waals surface area contributed by atoms with Gasteiger partial charge in [0.1, 0.15) is 0 Å². The molecule has 0 bridgehead atoms. The van der Waals surface area contributed by atoms with Gasteiger partial charge in [0, 0.05) is 18.3 Å². The van der Waals surface area contributed by atoms with Crippen LogP contribution in [0.15, 0.2) is 12.2 Å². The maximum absolute atomic E-state index is 4.17. The first-order valence-corrected chi connectivity index (χ1v) is 6.64. The molecule has 1 saturated carbocycles. The fourth-order valence-electron chi connectivity index (χ4n) is 2.29. The summed E-state index contributed by atoms with van der Waals surface area (Å²) in [4.78, 5) is 2.48. The normalized spacial score (nSPS) is 22.7. The number of likely N-dealkylation sites (N-methyl/N-ethyl adjacent to an activating group) is 1. The van der Waals surface area contributed by atoms with Crippen LogP contribution in [0.3, 0.4) is 0 Å². The Morgan fingerprint density at radius 1 is 1.27 bits per heavy atom. The maximum atomic E-state index is 4.17. The first-order valence-electron chi connectivity index (χ1n) is 6.01. The van der Waals surface area contributed by atoms with E-state index in [1.54, 1.807) is 0 Å². The number of rotatable bonds is 4. The lowest BCUT2D eigenvalue weighted by Crippen LogP contribution is -2.37. The molecule has 1 aliphatic carbocycles. The van der Waals surface area contributed by atoms with E-state index in [0.717, 1.165) is 18.3 Å². The zero-order valence-corrected chi connectivity index (χ0v) is 11.3. The van der Waals surface area contributed by atoms with Gasteiger partial charge in [-0.1, -0.05) is 26.0 Å². The first kappa shape index (κ1) is 13.1. The van der Waals surface area contributed by atoms with Crippen molar-refractivity contribution in [3.63, 3.8) is 0 Å². The Hall–Kier alpha value is 0.0500. The maximum Gasteiger partial charge on any atom is 0.0163 e. The van der Waals surface area contributed by atoms with Crippen molar-refractivity contribution in [2.75, 3.05) is 19.3 Å². The van der Waals surface area contributed by atoms with E-state index in [1.807, 2.05) is 0 Å². The predicted octanol–water partition coefficient (Wildman–Crippen LogP) is 3.37. The average Bonchev–Trinajstić information content (AvgIpc) is 2.18. The first-order chi connectivity index (χ1) is 7.05. The van der Waals surface area contributed by atoms with Gasteiger partial charge in [-0.2, -0.15) is 12.6 Å². The molecule has 1 aliphatic rings. The molecular weight excluding hydrogens is 202 g/mol. The van der Waals surface area contributed by atoms with Crippen LogP contribution in [0.2, 0.25) is 0 Å². The van der Waals surface area contributed by atoms with Crippen LogP contribution in [-0.4, -0.2) is 30.3 Å². The minimum atomic E-state index is 0.582. The fourth-order valence-corrected chi connectivity index (χ4v) is 2.44. The van der Waals surface area contributed by atoms with Crippen LogP contribution in [0, 0.1) is 5.41 Å². The van der Waals surface area contributed by atoms with Gasteiger partial charge in [0.2, 0.25) is 0 Å². The van der Waals surface area contributed by atoms with Crippen molar-refractivity contribution in [3.8, 4) is 0 Å². The Morgan fingerprint density at radius 3 is 2.40 bits per heavy atom. The minimum Gasteiger partial charge on any atom is -0.300 e. The summed E-state index contributed by atoms with van der Waals surface area (Å²) < 4.78 is 0. The highest BCUT2D eigenvalue weighted by molar-refractivity contribution is 7.80. The monoisotopic (exact) mass is 227 g/mol. The van der Waals surface area contributed by atoms with Crippen molar-refractivity contribution in [2.24, 2.45) is 5.41 Å². The smallest absolute Gasteiger partial charge is 0.0163 e. The largest absolute Gasteiger partial charge is 0.300 e. The molecule has 15 heavy (non-hydrogen) atoms. The molecule has 0 aliphatic heterocycles. The molecule has 88 valence electrons. The molecule has 0 saturated heterocycles. The van der Waals surface area contributed by atoms with Crippen molar-refractivity contribution in [2.45, 2.75) is 45.6 Å². The SMILES string of the molecule is CN(CC=CCS)C1CCC(C)(C)CC1. The third kappa shape index (κ3) is 4.60. The molecule has 0 atom stereocenters. The van der Waals surface area contributed by atoms with E-state index in [1.165, 1.54) is 25.7 Å². The highest BCUT2D eigenvalue weighted by Crippen LogP contribution is 2.36. The van der Waals surface area contributed by atoms with E-state index in [-0.39, 0.29) is 0 Å². The van der Waals surface area contributed by atoms with Gasteiger partial charge in [0.05, 0.1) is 0 Å². The van der Waals surface area contributed by atoms with E-state index in [9.17, 15) is 0 Å². The van der Waals surface area contributed by atoms with Gasteiger partial charge in [-0.05, 0) is 38.1 Å². The molecule has 1 fully saturated rings. The minimum absolute atomic E-state index is 0.582. The lowest BCUT2D eigenvalue weighted by atomic mass is 9.75. The molecule has 0 heterocycles. The fraction of sp³-hybridized carbons (Fsp3) is 0.846. The number of hydrogen-bond acceptors (Lipinski definition) is 2. The van der Waals surface area contributed by atoms with Crippen molar-refractivity contribution in [1.29, 1.82) is 0 Å². The van der Waals surface area contributed by atoms with Crippen LogP contribution in [0.1, 0.15) is 39.5 Å². The molecular formula is C13H25NS. The quantitative estimate of drug-likeness (QED) is 0.569. The third-order valence-corrected chi connectivity index (χ3v) is 3.81. The molecule has 0 spiro atoms. The van der Waals surface area contributed by atoms with Crippen molar-refractivity contribution in [1.82, 2.24) is 4.90 Å². The molecule has 0 aromatic carbocycles. The third-order valence-electron chi connectivity index (χ3n) is 3.60. The van der Waals surface area contributed by atoms with E-state index in [4.69, 9.17) is 0 Å². The number of nitrogens with zero attached hydrogens (tertiary/aromatic N) is 1. The van der Waals surface area contributed by atoms with E-state index in [0.29, 0.717) is 5.41 Å². The highest BCUT2D eigenvalue weighted by atomic mass is 32.1. The number of thiol groups is 1. The van der Waals surface area contributed by atoms with Gasteiger partial charge in [0.15, 0.2) is 0 Å². The Morgan fingerprint density at radius 2 is 1.87 bits per heavy atom. The van der Waals surface area contributed by atoms with Crippen LogP contribution in [0.5, 0.6) is 0 Å². The second-order valence-electron chi connectivity index (χ2n) is 5.49. The molecule has 0 aromatic rings. The molecule has 1 rings (SSSR count). The summed E-state index contributed by atoms with van der Waals surface area (Å²) in [5, 5.41) is 0. The highest BCUT2D eigenvalue weighted by Gasteiger charge is 2.28. The van der Waals surface area contributed by atoms with Crippen LogP contribution in [0.4, 0.5) is 0 Å². The van der Waals surface area contributed by atoms with E-state index < -0.39 is 0 Å². The second-order valence-corrected chi connectivity index (χ2v) is 5.85. The Balaban J connectivity index is 2.30. The second kappa shape index (κ2) is 5.95. The summed E-state index contributed by atoms with van der Waals surface area (Å²) in [5.41, 5.74) is 0.582. The Bertz CT molecular complexity index is 201. The molecule has 1 nitrogen and oxygen atoms in total. The van der Waals surface area contributed by atoms with Gasteiger partial charge >= 0.3 is 0 Å². The Kier molecular flexibility index (Phi) is 5.20. The Labute approximate surface area is 100 Å². The van der Waals surface area contributed by atoms with E-state index >= 15 is 0 Å². The lowest BCUT2D eigenvalue weighted by molar-refractivity contribution is 0.136. The zero-order valence-electron chi connectivity index (χ0n) is 10.4. The molecule has 0 radical (unpaired) electrons. The average molecular weight is 227 g/mol. The summed E-state index contributed by atoms with van der Waals surface area (Å²) in [6.07, 6.45) is 9.83. The van der Waals surface area contributed by atoms with Gasteiger partial charge in [-0.15, -0.1) is 0 Å². The molecule has 0 N–H and O–H groups in total. The van der Waals surface area contributed by atoms with Crippen LogP contribution in [0.25, 0.3) is 0 Å². The summed E-state index contributed by atoms with van der Waals surface area (Å²) in [7, 11) is 2.24. The van der Waals surface area contributed by atoms with E-state index in [2.05, 4.69) is 50.6 Å². The van der Waals surface area contributed by atoms with Crippen molar-refractivity contribution < 1.29 is 0 Å². The molecule has 0 unspecified atom stereocenters. The van der Waals surface area contributed by atoms with Crippen molar-refractivity contribution in [3.05, 3.63) is 12.2 Å².